The summed E-state index contributed by atoms with van der Waals surface area (Å²) in [5.41, 5.74) is 7.95. The zero-order valence-corrected chi connectivity index (χ0v) is 12.1. The largest absolute Gasteiger partial charge is 0.445 e. The first kappa shape index (κ1) is 15.9. The zero-order valence-electron chi connectivity index (χ0n) is 12.1. The molecule has 4 N–H and O–H groups in total. The van der Waals surface area contributed by atoms with Crippen molar-refractivity contribution in [2.45, 2.75) is 12.6 Å². The van der Waals surface area contributed by atoms with Crippen molar-refractivity contribution in [3.8, 4) is 11.3 Å². The fourth-order valence-electron chi connectivity index (χ4n) is 1.98. The van der Waals surface area contributed by atoms with Crippen LogP contribution in [-0.2, 0) is 11.2 Å². The highest BCUT2D eigenvalue weighted by Gasteiger charge is 2.05. The topological polar surface area (TPSA) is 97.5 Å². The molecule has 0 saturated carbocycles. The van der Waals surface area contributed by atoms with Crippen molar-refractivity contribution in [3.05, 3.63) is 54.2 Å². The molecule has 1 heterocycles. The standard InChI is InChI=1S/C16H19N3O3/c17-16(21)22-11-15(20)19-10-8-12-4-6-13(7-5-12)14-3-1-2-9-18-14/h1-7,9,15,19-20H,8,10-11H2,(H2,17,21). The van der Waals surface area contributed by atoms with Crippen molar-refractivity contribution >= 4 is 6.09 Å². The van der Waals surface area contributed by atoms with Crippen LogP contribution >= 0.6 is 0 Å². The second-order valence-corrected chi connectivity index (χ2v) is 4.76. The molecule has 0 saturated heterocycles. The number of rotatable bonds is 7. The van der Waals surface area contributed by atoms with Crippen LogP contribution < -0.4 is 11.1 Å². The Morgan fingerprint density at radius 1 is 1.27 bits per heavy atom. The van der Waals surface area contributed by atoms with E-state index < -0.39 is 12.3 Å². The second-order valence-electron chi connectivity index (χ2n) is 4.76. The molecule has 0 spiro atoms. The van der Waals surface area contributed by atoms with E-state index in [1.54, 1.807) is 6.20 Å². The van der Waals surface area contributed by atoms with Crippen molar-refractivity contribution in [1.29, 1.82) is 0 Å². The Hall–Kier alpha value is -2.44. The Labute approximate surface area is 128 Å². The summed E-state index contributed by atoms with van der Waals surface area (Å²) in [4.78, 5) is 14.7. The summed E-state index contributed by atoms with van der Waals surface area (Å²) in [7, 11) is 0. The molecular formula is C16H19N3O3. The average molecular weight is 301 g/mol. The highest BCUT2D eigenvalue weighted by atomic mass is 16.6. The molecule has 0 bridgehead atoms. The van der Waals surface area contributed by atoms with Crippen LogP contribution in [0.5, 0.6) is 0 Å². The lowest BCUT2D eigenvalue weighted by Crippen LogP contribution is -2.36. The molecule has 0 fully saturated rings. The SMILES string of the molecule is NC(=O)OCC(O)NCCc1ccc(-c2ccccn2)cc1. The number of benzene rings is 1. The summed E-state index contributed by atoms with van der Waals surface area (Å²) in [6, 6.07) is 13.9. The van der Waals surface area contributed by atoms with Crippen molar-refractivity contribution in [2.75, 3.05) is 13.2 Å². The summed E-state index contributed by atoms with van der Waals surface area (Å²) in [5.74, 6) is 0. The molecule has 1 atom stereocenters. The third-order valence-corrected chi connectivity index (χ3v) is 3.09. The highest BCUT2D eigenvalue weighted by molar-refractivity contribution is 5.64. The minimum Gasteiger partial charge on any atom is -0.445 e. The third kappa shape index (κ3) is 5.16. The van der Waals surface area contributed by atoms with Crippen LogP contribution in [0.1, 0.15) is 5.56 Å². The number of nitrogens with one attached hydrogen (secondary N) is 1. The van der Waals surface area contributed by atoms with Crippen LogP contribution in [0, 0.1) is 0 Å². The summed E-state index contributed by atoms with van der Waals surface area (Å²) < 4.78 is 4.49. The molecule has 116 valence electrons. The van der Waals surface area contributed by atoms with Crippen molar-refractivity contribution in [1.82, 2.24) is 10.3 Å². The van der Waals surface area contributed by atoms with Gasteiger partial charge in [0.15, 0.2) is 0 Å². The van der Waals surface area contributed by atoms with Crippen LogP contribution in [0.2, 0.25) is 0 Å². The Kier molecular flexibility index (Phi) is 5.88. The van der Waals surface area contributed by atoms with E-state index in [0.29, 0.717) is 6.54 Å². The molecule has 1 aromatic heterocycles. The second kappa shape index (κ2) is 8.11. The van der Waals surface area contributed by atoms with Gasteiger partial charge in [-0.3, -0.25) is 10.3 Å². The van der Waals surface area contributed by atoms with Gasteiger partial charge < -0.3 is 15.6 Å². The summed E-state index contributed by atoms with van der Waals surface area (Å²) in [6.07, 6.45) is 0.699. The average Bonchev–Trinajstić information content (AvgIpc) is 2.54. The first-order valence-electron chi connectivity index (χ1n) is 6.99. The van der Waals surface area contributed by atoms with E-state index in [9.17, 15) is 9.90 Å². The molecule has 0 radical (unpaired) electrons. The summed E-state index contributed by atoms with van der Waals surface area (Å²) in [6.45, 7) is 0.403. The smallest absolute Gasteiger partial charge is 0.404 e. The molecule has 22 heavy (non-hydrogen) atoms. The molecule has 6 nitrogen and oxygen atoms in total. The van der Waals surface area contributed by atoms with Gasteiger partial charge in [0, 0.05) is 18.3 Å². The molecule has 1 unspecified atom stereocenters. The van der Waals surface area contributed by atoms with E-state index in [1.165, 1.54) is 0 Å². The zero-order chi connectivity index (χ0) is 15.8. The Balaban J connectivity index is 1.78. The van der Waals surface area contributed by atoms with Crippen LogP contribution in [0.3, 0.4) is 0 Å². The van der Waals surface area contributed by atoms with Gasteiger partial charge in [0.2, 0.25) is 0 Å². The van der Waals surface area contributed by atoms with Crippen LogP contribution in [0.4, 0.5) is 4.79 Å². The number of carbonyl (C=O) groups excluding carboxylic acids is 1. The predicted molar refractivity (Wildman–Crippen MR) is 82.9 cm³/mol. The van der Waals surface area contributed by atoms with E-state index >= 15 is 0 Å². The van der Waals surface area contributed by atoms with E-state index in [0.717, 1.165) is 23.2 Å². The number of aliphatic hydroxyl groups excluding tert-OH is 1. The molecular weight excluding hydrogens is 282 g/mol. The predicted octanol–water partition coefficient (Wildman–Crippen LogP) is 1.29. The van der Waals surface area contributed by atoms with Gasteiger partial charge in [0.05, 0.1) is 5.69 Å². The monoisotopic (exact) mass is 301 g/mol. The number of nitrogens with zero attached hydrogens (tertiary/aromatic N) is 1. The van der Waals surface area contributed by atoms with Gasteiger partial charge >= 0.3 is 6.09 Å². The van der Waals surface area contributed by atoms with Crippen LogP contribution in [-0.4, -0.2) is 35.6 Å². The lowest BCUT2D eigenvalue weighted by atomic mass is 10.1. The Bertz CT molecular complexity index is 587. The van der Waals surface area contributed by atoms with Gasteiger partial charge in [-0.25, -0.2) is 4.79 Å². The molecule has 1 amide bonds. The van der Waals surface area contributed by atoms with E-state index in [4.69, 9.17) is 5.73 Å². The Morgan fingerprint density at radius 3 is 2.68 bits per heavy atom. The molecule has 0 aliphatic carbocycles. The van der Waals surface area contributed by atoms with Crippen molar-refractivity contribution in [3.63, 3.8) is 0 Å². The van der Waals surface area contributed by atoms with Crippen LogP contribution in [0.25, 0.3) is 11.3 Å². The minimum atomic E-state index is -0.916. The lowest BCUT2D eigenvalue weighted by molar-refractivity contribution is 0.0528. The molecule has 1 aromatic carbocycles. The number of hydrogen-bond donors (Lipinski definition) is 3. The first-order chi connectivity index (χ1) is 10.6. The van der Waals surface area contributed by atoms with Crippen LogP contribution in [0.15, 0.2) is 48.7 Å². The number of hydrogen-bond acceptors (Lipinski definition) is 5. The summed E-state index contributed by atoms with van der Waals surface area (Å²) >= 11 is 0. The van der Waals surface area contributed by atoms with E-state index in [-0.39, 0.29) is 6.61 Å². The fraction of sp³-hybridized carbons (Fsp3) is 0.250. The van der Waals surface area contributed by atoms with Gasteiger partial charge in [0.25, 0.3) is 0 Å². The maximum atomic E-state index is 10.4. The maximum absolute atomic E-state index is 10.4. The number of amides is 1. The van der Waals surface area contributed by atoms with Gasteiger partial charge in [-0.1, -0.05) is 30.3 Å². The van der Waals surface area contributed by atoms with E-state index in [1.807, 2.05) is 42.5 Å². The minimum absolute atomic E-state index is 0.159. The van der Waals surface area contributed by atoms with Gasteiger partial charge in [-0.15, -0.1) is 0 Å². The van der Waals surface area contributed by atoms with Gasteiger partial charge in [-0.05, 0) is 24.1 Å². The van der Waals surface area contributed by atoms with Gasteiger partial charge in [-0.2, -0.15) is 0 Å². The molecule has 2 rings (SSSR count). The summed E-state index contributed by atoms with van der Waals surface area (Å²) in [5, 5.41) is 12.4. The lowest BCUT2D eigenvalue weighted by Gasteiger charge is -2.12. The normalized spacial score (nSPS) is 11.9. The molecule has 0 aliphatic rings. The maximum Gasteiger partial charge on any atom is 0.404 e. The number of aromatic nitrogens is 1. The fourth-order valence-corrected chi connectivity index (χ4v) is 1.98. The van der Waals surface area contributed by atoms with Gasteiger partial charge in [0.1, 0.15) is 12.8 Å². The molecule has 0 aliphatic heterocycles. The number of aliphatic hydroxyl groups is 1. The number of primary amides is 1. The van der Waals surface area contributed by atoms with Crippen molar-refractivity contribution in [2.24, 2.45) is 5.73 Å². The number of nitrogens with two attached hydrogens (primary N) is 1. The van der Waals surface area contributed by atoms with E-state index in [2.05, 4.69) is 15.0 Å². The quantitative estimate of drug-likeness (QED) is 0.670. The number of pyridine rings is 1. The molecule has 2 aromatic rings. The first-order valence-corrected chi connectivity index (χ1v) is 6.99. The number of carbonyl (C=O) groups is 1. The third-order valence-electron chi connectivity index (χ3n) is 3.09. The van der Waals surface area contributed by atoms with Crippen molar-refractivity contribution < 1.29 is 14.6 Å². The number of ether oxygens (including phenoxy) is 1. The highest BCUT2D eigenvalue weighted by Crippen LogP contribution is 2.16. The Morgan fingerprint density at radius 2 is 2.05 bits per heavy atom. The molecule has 6 heteroatoms.